The molecule has 0 bridgehead atoms. The van der Waals surface area contributed by atoms with Crippen LogP contribution in [-0.4, -0.2) is 40.2 Å². The van der Waals surface area contributed by atoms with E-state index in [1.165, 1.54) is 0 Å². The van der Waals surface area contributed by atoms with Gasteiger partial charge in [-0.05, 0) is 24.3 Å². The van der Waals surface area contributed by atoms with Gasteiger partial charge in [0.05, 0.1) is 10.6 Å². The first-order valence-electron chi connectivity index (χ1n) is 7.32. The van der Waals surface area contributed by atoms with Crippen molar-refractivity contribution in [3.05, 3.63) is 52.1 Å². The molecule has 23 heavy (non-hydrogen) atoms. The van der Waals surface area contributed by atoms with Crippen LogP contribution >= 0.6 is 23.2 Å². The van der Waals surface area contributed by atoms with Gasteiger partial charge in [0.2, 0.25) is 5.88 Å². The van der Waals surface area contributed by atoms with E-state index in [-0.39, 0.29) is 12.0 Å². The third-order valence-electron chi connectivity index (χ3n) is 3.73. The minimum Gasteiger partial charge on any atom is -0.473 e. The Morgan fingerprint density at radius 2 is 2.00 bits per heavy atom. The number of piperidine rings is 1. The summed E-state index contributed by atoms with van der Waals surface area (Å²) >= 11 is 12.0. The number of ether oxygens (including phenoxy) is 1. The molecular weight excluding hydrogens is 337 g/mol. The standard InChI is InChI=1S/C16H15Cl2N3O2/c17-11-3-4-13(14(18)10-11)16(22)21-8-5-12(6-9-21)23-15-2-1-7-19-20-15/h1-4,7,10,12H,5-6,8-9H2. The minimum atomic E-state index is -0.0791. The quantitative estimate of drug-likeness (QED) is 0.849. The summed E-state index contributed by atoms with van der Waals surface area (Å²) in [5, 5.41) is 8.59. The fourth-order valence-corrected chi connectivity index (χ4v) is 3.02. The maximum absolute atomic E-state index is 12.5. The number of halogens is 2. The highest BCUT2D eigenvalue weighted by Crippen LogP contribution is 2.24. The molecule has 1 aromatic heterocycles. The summed E-state index contributed by atoms with van der Waals surface area (Å²) in [5.74, 6) is 0.433. The van der Waals surface area contributed by atoms with Crippen molar-refractivity contribution in [2.45, 2.75) is 18.9 Å². The number of amides is 1. The Kier molecular flexibility index (Phi) is 4.98. The number of hydrogen-bond acceptors (Lipinski definition) is 4. The highest BCUT2D eigenvalue weighted by atomic mass is 35.5. The molecule has 0 saturated carbocycles. The molecule has 2 aromatic rings. The molecule has 2 heterocycles. The van der Waals surface area contributed by atoms with Crippen molar-refractivity contribution in [3.8, 4) is 5.88 Å². The van der Waals surface area contributed by atoms with Crippen molar-refractivity contribution < 1.29 is 9.53 Å². The van der Waals surface area contributed by atoms with E-state index in [4.69, 9.17) is 27.9 Å². The number of nitrogens with zero attached hydrogens (tertiary/aromatic N) is 3. The van der Waals surface area contributed by atoms with Gasteiger partial charge in [0.15, 0.2) is 0 Å². The molecule has 120 valence electrons. The van der Waals surface area contributed by atoms with Gasteiger partial charge in [0.1, 0.15) is 6.10 Å². The Balaban J connectivity index is 1.59. The number of hydrogen-bond donors (Lipinski definition) is 0. The number of carbonyl (C=O) groups is 1. The SMILES string of the molecule is O=C(c1ccc(Cl)cc1Cl)N1CCC(Oc2cccnn2)CC1. The topological polar surface area (TPSA) is 55.3 Å². The average Bonchev–Trinajstić information content (AvgIpc) is 2.56. The lowest BCUT2D eigenvalue weighted by Crippen LogP contribution is -2.42. The average molecular weight is 352 g/mol. The normalized spacial score (nSPS) is 15.5. The van der Waals surface area contributed by atoms with Crippen LogP contribution in [0, 0.1) is 0 Å². The van der Waals surface area contributed by atoms with Gasteiger partial charge in [0.25, 0.3) is 5.91 Å². The third-order valence-corrected chi connectivity index (χ3v) is 4.27. The molecule has 5 nitrogen and oxygen atoms in total. The van der Waals surface area contributed by atoms with Crippen molar-refractivity contribution in [2.75, 3.05) is 13.1 Å². The maximum atomic E-state index is 12.5. The minimum absolute atomic E-state index is 0.0384. The summed E-state index contributed by atoms with van der Waals surface area (Å²) in [6.07, 6.45) is 3.13. The van der Waals surface area contributed by atoms with Crippen LogP contribution in [0.5, 0.6) is 5.88 Å². The van der Waals surface area contributed by atoms with Crippen molar-refractivity contribution in [3.63, 3.8) is 0 Å². The van der Waals surface area contributed by atoms with Gasteiger partial charge in [-0.2, -0.15) is 5.10 Å². The second-order valence-corrected chi connectivity index (χ2v) is 6.14. The molecule has 0 atom stereocenters. The first-order valence-corrected chi connectivity index (χ1v) is 8.08. The van der Waals surface area contributed by atoms with Gasteiger partial charge < -0.3 is 9.64 Å². The first kappa shape index (κ1) is 16.0. The molecule has 0 spiro atoms. The summed E-state index contributed by atoms with van der Waals surface area (Å²) in [6, 6.07) is 8.47. The number of carbonyl (C=O) groups excluding carboxylic acids is 1. The number of likely N-dealkylation sites (tertiary alicyclic amines) is 1. The zero-order chi connectivity index (χ0) is 16.2. The monoisotopic (exact) mass is 351 g/mol. The predicted molar refractivity (Wildman–Crippen MR) is 88.0 cm³/mol. The van der Waals surface area contributed by atoms with E-state index < -0.39 is 0 Å². The molecule has 1 fully saturated rings. The molecule has 1 amide bonds. The Hall–Kier alpha value is -1.85. The highest BCUT2D eigenvalue weighted by molar-refractivity contribution is 6.36. The molecule has 0 aliphatic carbocycles. The molecule has 1 saturated heterocycles. The van der Waals surface area contributed by atoms with E-state index in [0.717, 1.165) is 12.8 Å². The molecule has 1 aliphatic rings. The molecule has 0 radical (unpaired) electrons. The first-order chi connectivity index (χ1) is 11.1. The smallest absolute Gasteiger partial charge is 0.255 e. The van der Waals surface area contributed by atoms with Gasteiger partial charge in [0, 0.05) is 43.2 Å². The summed E-state index contributed by atoms with van der Waals surface area (Å²) in [6.45, 7) is 1.23. The molecule has 7 heteroatoms. The lowest BCUT2D eigenvalue weighted by atomic mass is 10.1. The van der Waals surface area contributed by atoms with Crippen LogP contribution in [-0.2, 0) is 0 Å². The van der Waals surface area contributed by atoms with Gasteiger partial charge in [-0.1, -0.05) is 23.2 Å². The number of rotatable bonds is 3. The van der Waals surface area contributed by atoms with Gasteiger partial charge in [-0.3, -0.25) is 4.79 Å². The second kappa shape index (κ2) is 7.15. The lowest BCUT2D eigenvalue weighted by Gasteiger charge is -2.32. The molecule has 0 N–H and O–H groups in total. The Morgan fingerprint density at radius 1 is 1.22 bits per heavy atom. The Morgan fingerprint density at radius 3 is 2.65 bits per heavy atom. The van der Waals surface area contributed by atoms with E-state index in [9.17, 15) is 4.79 Å². The van der Waals surface area contributed by atoms with Crippen LogP contribution in [0.25, 0.3) is 0 Å². The largest absolute Gasteiger partial charge is 0.473 e. The predicted octanol–water partition coefficient (Wildman–Crippen LogP) is 3.47. The van der Waals surface area contributed by atoms with E-state index >= 15 is 0 Å². The van der Waals surface area contributed by atoms with Crippen molar-refractivity contribution in [1.82, 2.24) is 15.1 Å². The number of benzene rings is 1. The number of aromatic nitrogens is 2. The van der Waals surface area contributed by atoms with Gasteiger partial charge >= 0.3 is 0 Å². The van der Waals surface area contributed by atoms with Crippen LogP contribution in [0.4, 0.5) is 0 Å². The summed E-state index contributed by atoms with van der Waals surface area (Å²) in [7, 11) is 0. The Bertz CT molecular complexity index is 689. The molecule has 1 aromatic carbocycles. The van der Waals surface area contributed by atoms with Crippen LogP contribution in [0.15, 0.2) is 36.5 Å². The van der Waals surface area contributed by atoms with E-state index in [0.29, 0.717) is 34.6 Å². The van der Waals surface area contributed by atoms with Crippen LogP contribution in [0.1, 0.15) is 23.2 Å². The molecule has 0 unspecified atom stereocenters. The molecular formula is C16H15Cl2N3O2. The summed E-state index contributed by atoms with van der Waals surface area (Å²) in [5.41, 5.74) is 0.476. The summed E-state index contributed by atoms with van der Waals surface area (Å²) in [4.78, 5) is 14.3. The van der Waals surface area contributed by atoms with Gasteiger partial charge in [-0.15, -0.1) is 5.10 Å². The van der Waals surface area contributed by atoms with E-state index in [1.54, 1.807) is 41.4 Å². The third kappa shape index (κ3) is 3.92. The highest BCUT2D eigenvalue weighted by Gasteiger charge is 2.26. The lowest BCUT2D eigenvalue weighted by molar-refractivity contribution is 0.0586. The van der Waals surface area contributed by atoms with Crippen molar-refractivity contribution >= 4 is 29.1 Å². The fourth-order valence-electron chi connectivity index (χ4n) is 2.53. The maximum Gasteiger partial charge on any atom is 0.255 e. The van der Waals surface area contributed by atoms with Crippen LogP contribution < -0.4 is 4.74 Å². The van der Waals surface area contributed by atoms with Crippen molar-refractivity contribution in [2.24, 2.45) is 0 Å². The zero-order valence-corrected chi connectivity index (χ0v) is 13.8. The summed E-state index contributed by atoms with van der Waals surface area (Å²) < 4.78 is 5.77. The zero-order valence-electron chi connectivity index (χ0n) is 12.3. The van der Waals surface area contributed by atoms with Gasteiger partial charge in [-0.25, -0.2) is 0 Å². The van der Waals surface area contributed by atoms with E-state index in [1.807, 2.05) is 0 Å². The van der Waals surface area contributed by atoms with Crippen LogP contribution in [0.2, 0.25) is 10.0 Å². The van der Waals surface area contributed by atoms with Crippen molar-refractivity contribution in [1.29, 1.82) is 0 Å². The van der Waals surface area contributed by atoms with Crippen LogP contribution in [0.3, 0.4) is 0 Å². The van der Waals surface area contributed by atoms with E-state index in [2.05, 4.69) is 10.2 Å². The Labute approximate surface area is 144 Å². The second-order valence-electron chi connectivity index (χ2n) is 5.30. The molecule has 3 rings (SSSR count). The molecule has 1 aliphatic heterocycles. The fraction of sp³-hybridized carbons (Fsp3) is 0.312.